The third-order valence-corrected chi connectivity index (χ3v) is 7.70. The summed E-state index contributed by atoms with van der Waals surface area (Å²) in [5.41, 5.74) is 2.62. The van der Waals surface area contributed by atoms with Crippen molar-refractivity contribution in [2.75, 3.05) is 10.6 Å². The molecule has 0 saturated heterocycles. The molecule has 5 rings (SSSR count). The Morgan fingerprint density at radius 2 is 0.806 bits per heavy atom. The monoisotopic (exact) mass is 594 g/mol. The summed E-state index contributed by atoms with van der Waals surface area (Å²) in [6, 6.07) is 16.0. The molecule has 1 aliphatic carbocycles. The van der Waals surface area contributed by atoms with Crippen molar-refractivity contribution in [3.63, 3.8) is 0 Å². The lowest BCUT2D eigenvalue weighted by molar-refractivity contribution is 0.0980. The summed E-state index contributed by atoms with van der Waals surface area (Å²) in [6.07, 6.45) is 0. The molecular weight excluding hydrogens is 585 g/mol. The van der Waals surface area contributed by atoms with Crippen LogP contribution in [0.2, 0.25) is 30.1 Å². The van der Waals surface area contributed by atoms with Gasteiger partial charge in [0.1, 0.15) is 0 Å². The predicted molar refractivity (Wildman–Crippen MR) is 149 cm³/mol. The molecule has 0 atom stereocenters. The third-order valence-electron chi connectivity index (χ3n) is 5.63. The van der Waals surface area contributed by atoms with Crippen LogP contribution in [0.25, 0.3) is 0 Å². The fraction of sp³-hybridized carbons (Fsp3) is 0. The van der Waals surface area contributed by atoms with E-state index in [0.717, 1.165) is 0 Å². The molecule has 0 saturated carbocycles. The van der Waals surface area contributed by atoms with Gasteiger partial charge in [0.15, 0.2) is 11.6 Å². The number of fused-ring (bicyclic) bond motifs is 2. The number of rotatable bonds is 4. The Morgan fingerprint density at radius 3 is 1.19 bits per heavy atom. The van der Waals surface area contributed by atoms with E-state index in [-0.39, 0.29) is 43.9 Å². The Labute approximate surface area is 236 Å². The molecule has 0 spiro atoms. The van der Waals surface area contributed by atoms with E-state index in [2.05, 4.69) is 10.6 Å². The smallest absolute Gasteiger partial charge is 0.196 e. The average molecular weight is 597 g/mol. The van der Waals surface area contributed by atoms with Gasteiger partial charge in [-0.3, -0.25) is 9.59 Å². The van der Waals surface area contributed by atoms with Gasteiger partial charge in [0, 0.05) is 11.1 Å². The molecule has 4 nitrogen and oxygen atoms in total. The van der Waals surface area contributed by atoms with E-state index in [0.29, 0.717) is 42.8 Å². The summed E-state index contributed by atoms with van der Waals surface area (Å²) in [5.74, 6) is -0.662. The highest BCUT2D eigenvalue weighted by Crippen LogP contribution is 2.41. The van der Waals surface area contributed by atoms with Gasteiger partial charge in [0.25, 0.3) is 0 Å². The van der Waals surface area contributed by atoms with Crippen LogP contribution in [0.5, 0.6) is 0 Å². The molecule has 0 radical (unpaired) electrons. The van der Waals surface area contributed by atoms with Crippen molar-refractivity contribution in [1.82, 2.24) is 0 Å². The third kappa shape index (κ3) is 4.43. The lowest BCUT2D eigenvalue weighted by Crippen LogP contribution is -2.23. The van der Waals surface area contributed by atoms with Crippen LogP contribution in [0.3, 0.4) is 0 Å². The zero-order chi connectivity index (χ0) is 25.7. The van der Waals surface area contributed by atoms with E-state index in [1.807, 2.05) is 0 Å². The fourth-order valence-corrected chi connectivity index (χ4v) is 5.17. The molecule has 0 amide bonds. The van der Waals surface area contributed by atoms with E-state index in [9.17, 15) is 9.59 Å². The summed E-state index contributed by atoms with van der Waals surface area (Å²) < 4.78 is 0. The van der Waals surface area contributed by atoms with Gasteiger partial charge >= 0.3 is 0 Å². The Balaban J connectivity index is 1.58. The van der Waals surface area contributed by atoms with E-state index >= 15 is 0 Å². The lowest BCUT2D eigenvalue weighted by Gasteiger charge is -2.23. The summed E-state index contributed by atoms with van der Waals surface area (Å²) in [6.45, 7) is 0. The van der Waals surface area contributed by atoms with E-state index in [1.54, 1.807) is 48.5 Å². The average Bonchev–Trinajstić information content (AvgIpc) is 2.84. The molecule has 4 aromatic rings. The molecule has 2 N–H and O–H groups in total. The van der Waals surface area contributed by atoms with E-state index < -0.39 is 0 Å². The van der Waals surface area contributed by atoms with Crippen LogP contribution in [-0.4, -0.2) is 11.6 Å². The van der Waals surface area contributed by atoms with Crippen LogP contribution < -0.4 is 10.6 Å². The predicted octanol–water partition coefficient (Wildman–Crippen LogP) is 9.87. The maximum atomic E-state index is 13.7. The maximum absolute atomic E-state index is 13.7. The van der Waals surface area contributed by atoms with Gasteiger partial charge in [-0.1, -0.05) is 93.9 Å². The Kier molecular flexibility index (Phi) is 6.86. The molecule has 0 heterocycles. The first kappa shape index (κ1) is 25.2. The molecule has 0 aliphatic heterocycles. The van der Waals surface area contributed by atoms with Crippen LogP contribution in [0.1, 0.15) is 31.8 Å². The standard InChI is InChI=1S/C26H12Cl6N2O2/c27-13-7-17(31)21(9-15(13)29)33-19-5-1-3-11-23(19)26(36)12-4-2-6-20(24(12)25(11)35)34-22-10-16(30)14(28)8-18(22)32/h1-10,33-34H. The Bertz CT molecular complexity index is 1480. The highest BCUT2D eigenvalue weighted by molar-refractivity contribution is 6.45. The largest absolute Gasteiger partial charge is 0.354 e. The molecule has 180 valence electrons. The van der Waals surface area contributed by atoms with Crippen molar-refractivity contribution < 1.29 is 9.59 Å². The van der Waals surface area contributed by atoms with Gasteiger partial charge in [0.2, 0.25) is 0 Å². The van der Waals surface area contributed by atoms with Crippen LogP contribution in [0.4, 0.5) is 22.7 Å². The first-order valence-corrected chi connectivity index (χ1v) is 12.6. The van der Waals surface area contributed by atoms with Gasteiger partial charge < -0.3 is 10.6 Å². The van der Waals surface area contributed by atoms with Gasteiger partial charge in [-0.15, -0.1) is 0 Å². The topological polar surface area (TPSA) is 58.2 Å². The van der Waals surface area contributed by atoms with Crippen LogP contribution >= 0.6 is 69.6 Å². The molecular formula is C26H12Cl6N2O2. The van der Waals surface area contributed by atoms with Crippen molar-refractivity contribution in [2.24, 2.45) is 0 Å². The molecule has 4 aromatic carbocycles. The molecule has 36 heavy (non-hydrogen) atoms. The summed E-state index contributed by atoms with van der Waals surface area (Å²) in [5, 5.41) is 8.02. The number of benzene rings is 4. The van der Waals surface area contributed by atoms with Crippen LogP contribution in [-0.2, 0) is 0 Å². The lowest BCUT2D eigenvalue weighted by atomic mass is 9.82. The zero-order valence-corrected chi connectivity index (χ0v) is 22.4. The first-order chi connectivity index (χ1) is 17.2. The number of nitrogens with one attached hydrogen (secondary N) is 2. The second-order valence-corrected chi connectivity index (χ2v) is 10.3. The maximum Gasteiger partial charge on any atom is 0.196 e. The number of hydrogen-bond donors (Lipinski definition) is 2. The second kappa shape index (κ2) is 9.79. The van der Waals surface area contributed by atoms with Crippen molar-refractivity contribution in [2.45, 2.75) is 0 Å². The van der Waals surface area contributed by atoms with Gasteiger partial charge in [-0.05, 0) is 36.4 Å². The van der Waals surface area contributed by atoms with E-state index in [4.69, 9.17) is 69.6 Å². The zero-order valence-electron chi connectivity index (χ0n) is 17.9. The van der Waals surface area contributed by atoms with Gasteiger partial charge in [0.05, 0.1) is 64.0 Å². The minimum Gasteiger partial charge on any atom is -0.354 e. The molecule has 0 unspecified atom stereocenters. The molecule has 0 aromatic heterocycles. The van der Waals surface area contributed by atoms with Crippen molar-refractivity contribution in [1.29, 1.82) is 0 Å². The minimum atomic E-state index is -0.331. The number of ketones is 2. The Hall–Kier alpha value is -2.44. The molecule has 0 fully saturated rings. The van der Waals surface area contributed by atoms with Gasteiger partial charge in [-0.2, -0.15) is 0 Å². The Morgan fingerprint density at radius 1 is 0.444 bits per heavy atom. The van der Waals surface area contributed by atoms with Crippen molar-refractivity contribution >= 4 is 104 Å². The van der Waals surface area contributed by atoms with Crippen LogP contribution in [0, 0.1) is 0 Å². The number of carbonyl (C=O) groups is 2. The van der Waals surface area contributed by atoms with Crippen LogP contribution in [0.15, 0.2) is 60.7 Å². The van der Waals surface area contributed by atoms with Gasteiger partial charge in [-0.25, -0.2) is 0 Å². The highest BCUT2D eigenvalue weighted by atomic mass is 35.5. The summed E-state index contributed by atoms with van der Waals surface area (Å²) >= 11 is 37.0. The number of halogens is 6. The summed E-state index contributed by atoms with van der Waals surface area (Å²) in [4.78, 5) is 27.4. The number of anilines is 4. The molecule has 0 bridgehead atoms. The highest BCUT2D eigenvalue weighted by Gasteiger charge is 2.34. The number of carbonyl (C=O) groups excluding carboxylic acids is 2. The molecule has 1 aliphatic rings. The van der Waals surface area contributed by atoms with E-state index in [1.165, 1.54) is 12.1 Å². The normalized spacial score (nSPS) is 12.3. The second-order valence-electron chi connectivity index (χ2n) is 7.86. The number of hydrogen-bond acceptors (Lipinski definition) is 4. The first-order valence-electron chi connectivity index (χ1n) is 10.3. The van der Waals surface area contributed by atoms with Crippen molar-refractivity contribution in [3.05, 3.63) is 113 Å². The quantitative estimate of drug-likeness (QED) is 0.203. The summed E-state index contributed by atoms with van der Waals surface area (Å²) in [7, 11) is 0. The minimum absolute atomic E-state index is 0.224. The molecule has 10 heteroatoms. The fourth-order valence-electron chi connectivity index (χ4n) is 3.98. The SMILES string of the molecule is O=C1c2cccc(Nc3cc(Cl)c(Cl)cc3Cl)c2C(=O)c2cccc(Nc3cc(Cl)c(Cl)cc3Cl)c21. The van der Waals surface area contributed by atoms with Crippen molar-refractivity contribution in [3.8, 4) is 0 Å².